The second-order valence-electron chi connectivity index (χ2n) is 9.08. The van der Waals surface area contributed by atoms with E-state index >= 15 is 0 Å². The average Bonchev–Trinajstić information content (AvgIpc) is 3.50. The number of benzene rings is 1. The SMILES string of the molecule is CCC1=C(/C=C(\C)CCCc2nnc(-c3ccc(N4CCC(N(C)C)C4)cc3)o2)OCCO1. The molecule has 2 aliphatic heterocycles. The van der Waals surface area contributed by atoms with Crippen molar-refractivity contribution in [3.8, 4) is 11.5 Å². The van der Waals surface area contributed by atoms with Crippen LogP contribution in [0.2, 0.25) is 0 Å². The molecule has 0 radical (unpaired) electrons. The molecule has 1 unspecified atom stereocenters. The summed E-state index contributed by atoms with van der Waals surface area (Å²) < 4.78 is 17.4. The fourth-order valence-electron chi connectivity index (χ4n) is 4.36. The van der Waals surface area contributed by atoms with E-state index in [0.29, 0.717) is 31.0 Å². The van der Waals surface area contributed by atoms with Crippen molar-refractivity contribution in [2.45, 2.75) is 52.0 Å². The van der Waals surface area contributed by atoms with E-state index in [1.54, 1.807) is 0 Å². The van der Waals surface area contributed by atoms with Gasteiger partial charge in [0.1, 0.15) is 19.0 Å². The zero-order chi connectivity index (χ0) is 23.2. The molecule has 33 heavy (non-hydrogen) atoms. The third-order valence-corrected chi connectivity index (χ3v) is 6.39. The maximum Gasteiger partial charge on any atom is 0.247 e. The van der Waals surface area contributed by atoms with E-state index in [0.717, 1.165) is 55.9 Å². The van der Waals surface area contributed by atoms with Crippen LogP contribution in [0.5, 0.6) is 0 Å². The Morgan fingerprint density at radius 3 is 2.67 bits per heavy atom. The van der Waals surface area contributed by atoms with Crippen LogP contribution in [0.3, 0.4) is 0 Å². The Kier molecular flexibility index (Phi) is 7.70. The molecule has 1 fully saturated rings. The lowest BCUT2D eigenvalue weighted by molar-refractivity contribution is 0.0655. The van der Waals surface area contributed by atoms with Gasteiger partial charge in [0, 0.05) is 43.2 Å². The Hall–Kier alpha value is -2.80. The van der Waals surface area contributed by atoms with Crippen LogP contribution >= 0.6 is 0 Å². The summed E-state index contributed by atoms with van der Waals surface area (Å²) in [7, 11) is 4.31. The molecular weight excluding hydrogens is 416 g/mol. The van der Waals surface area contributed by atoms with E-state index in [2.05, 4.69) is 78.3 Å². The standard InChI is InChI=1S/C26H36N4O3/c1-5-23-24(32-16-15-31-23)17-19(2)7-6-8-25-27-28-26(33-25)20-9-11-21(12-10-20)30-14-13-22(18-30)29(3)4/h9-12,17,22H,5-8,13-16,18H2,1-4H3/b19-17+. The number of anilines is 1. The molecule has 0 aliphatic carbocycles. The molecule has 0 N–H and O–H groups in total. The molecule has 1 aromatic heterocycles. The first-order valence-corrected chi connectivity index (χ1v) is 12.0. The summed E-state index contributed by atoms with van der Waals surface area (Å²) in [6, 6.07) is 9.08. The van der Waals surface area contributed by atoms with E-state index in [1.165, 1.54) is 17.7 Å². The normalized spacial score (nSPS) is 19.2. The second-order valence-corrected chi connectivity index (χ2v) is 9.08. The predicted octanol–water partition coefficient (Wildman–Crippen LogP) is 4.81. The van der Waals surface area contributed by atoms with Crippen molar-refractivity contribution >= 4 is 5.69 Å². The third kappa shape index (κ3) is 5.96. The predicted molar refractivity (Wildman–Crippen MR) is 130 cm³/mol. The minimum absolute atomic E-state index is 0.585. The molecule has 2 aromatic rings. The molecular formula is C26H36N4O3. The summed E-state index contributed by atoms with van der Waals surface area (Å²) in [5, 5.41) is 8.52. The summed E-state index contributed by atoms with van der Waals surface area (Å²) in [5.41, 5.74) is 3.47. The number of hydrogen-bond acceptors (Lipinski definition) is 7. The van der Waals surface area contributed by atoms with Crippen molar-refractivity contribution < 1.29 is 13.9 Å². The van der Waals surface area contributed by atoms with Crippen LogP contribution in [-0.2, 0) is 15.9 Å². The molecule has 3 heterocycles. The van der Waals surface area contributed by atoms with Gasteiger partial charge in [-0.2, -0.15) is 0 Å². The van der Waals surface area contributed by atoms with Gasteiger partial charge in [-0.3, -0.25) is 0 Å². The quantitative estimate of drug-likeness (QED) is 0.541. The smallest absolute Gasteiger partial charge is 0.247 e. The number of rotatable bonds is 9. The molecule has 4 rings (SSSR count). The minimum Gasteiger partial charge on any atom is -0.491 e. The van der Waals surface area contributed by atoms with Gasteiger partial charge in [-0.1, -0.05) is 12.5 Å². The van der Waals surface area contributed by atoms with Gasteiger partial charge < -0.3 is 23.7 Å². The summed E-state index contributed by atoms with van der Waals surface area (Å²) in [4.78, 5) is 4.75. The molecule has 1 aromatic carbocycles. The highest BCUT2D eigenvalue weighted by atomic mass is 16.6. The van der Waals surface area contributed by atoms with E-state index < -0.39 is 0 Å². The van der Waals surface area contributed by atoms with Crippen molar-refractivity contribution in [1.29, 1.82) is 0 Å². The molecule has 2 aliphatic rings. The number of ether oxygens (including phenoxy) is 2. The maximum atomic E-state index is 5.93. The fourth-order valence-corrected chi connectivity index (χ4v) is 4.36. The Balaban J connectivity index is 1.29. The molecule has 178 valence electrons. The Morgan fingerprint density at radius 1 is 1.15 bits per heavy atom. The van der Waals surface area contributed by atoms with Gasteiger partial charge in [0.15, 0.2) is 5.76 Å². The maximum absolute atomic E-state index is 5.93. The van der Waals surface area contributed by atoms with E-state index in [4.69, 9.17) is 13.9 Å². The number of aromatic nitrogens is 2. The second kappa shape index (κ2) is 10.9. The van der Waals surface area contributed by atoms with E-state index in [-0.39, 0.29) is 0 Å². The Bertz CT molecular complexity index is 978. The number of allylic oxidation sites excluding steroid dienone is 3. The van der Waals surface area contributed by atoms with Gasteiger partial charge in [-0.25, -0.2) is 0 Å². The van der Waals surface area contributed by atoms with Crippen molar-refractivity contribution in [3.05, 3.63) is 53.3 Å². The highest BCUT2D eigenvalue weighted by Crippen LogP contribution is 2.26. The Labute approximate surface area is 197 Å². The largest absolute Gasteiger partial charge is 0.491 e. The molecule has 0 spiro atoms. The van der Waals surface area contributed by atoms with Crippen molar-refractivity contribution in [3.63, 3.8) is 0 Å². The van der Waals surface area contributed by atoms with Gasteiger partial charge in [0.05, 0.1) is 0 Å². The highest BCUT2D eigenvalue weighted by Gasteiger charge is 2.24. The molecule has 1 atom stereocenters. The van der Waals surface area contributed by atoms with Crippen LogP contribution in [-0.4, -0.2) is 61.5 Å². The minimum atomic E-state index is 0.585. The van der Waals surface area contributed by atoms with Gasteiger partial charge in [-0.15, -0.1) is 10.2 Å². The topological polar surface area (TPSA) is 63.9 Å². The molecule has 7 heteroatoms. The lowest BCUT2D eigenvalue weighted by Gasteiger charge is -2.21. The first-order valence-electron chi connectivity index (χ1n) is 12.0. The zero-order valence-corrected chi connectivity index (χ0v) is 20.3. The summed E-state index contributed by atoms with van der Waals surface area (Å²) in [6.07, 6.45) is 6.79. The Morgan fingerprint density at radius 2 is 1.94 bits per heavy atom. The van der Waals surface area contributed by atoms with Crippen LogP contribution in [0, 0.1) is 0 Å². The van der Waals surface area contributed by atoms with Crippen LogP contribution < -0.4 is 4.90 Å². The lowest BCUT2D eigenvalue weighted by Crippen LogP contribution is -2.31. The first kappa shape index (κ1) is 23.4. The lowest BCUT2D eigenvalue weighted by atomic mass is 10.1. The molecule has 0 bridgehead atoms. The zero-order valence-electron chi connectivity index (χ0n) is 20.3. The van der Waals surface area contributed by atoms with Gasteiger partial charge >= 0.3 is 0 Å². The van der Waals surface area contributed by atoms with Crippen LogP contribution in [0.25, 0.3) is 11.5 Å². The monoisotopic (exact) mass is 452 g/mol. The molecule has 0 amide bonds. The highest BCUT2D eigenvalue weighted by molar-refractivity contribution is 5.59. The van der Waals surface area contributed by atoms with Crippen molar-refractivity contribution in [2.75, 3.05) is 45.3 Å². The summed E-state index contributed by atoms with van der Waals surface area (Å²) >= 11 is 0. The number of nitrogens with zero attached hydrogens (tertiary/aromatic N) is 4. The van der Waals surface area contributed by atoms with E-state index in [9.17, 15) is 0 Å². The molecule has 7 nitrogen and oxygen atoms in total. The van der Waals surface area contributed by atoms with Crippen molar-refractivity contribution in [2.24, 2.45) is 0 Å². The van der Waals surface area contributed by atoms with Crippen LogP contribution in [0.15, 0.2) is 51.9 Å². The molecule has 1 saturated heterocycles. The number of aryl methyl sites for hydroxylation is 1. The van der Waals surface area contributed by atoms with Gasteiger partial charge in [0.25, 0.3) is 0 Å². The summed E-state index contributed by atoms with van der Waals surface area (Å²) in [5.74, 6) is 3.08. The first-order chi connectivity index (χ1) is 16.0. The molecule has 0 saturated carbocycles. The summed E-state index contributed by atoms with van der Waals surface area (Å²) in [6.45, 7) is 7.62. The van der Waals surface area contributed by atoms with Crippen LogP contribution in [0.1, 0.15) is 45.4 Å². The van der Waals surface area contributed by atoms with Gasteiger partial charge in [-0.05, 0) is 70.6 Å². The van der Waals surface area contributed by atoms with Crippen LogP contribution in [0.4, 0.5) is 5.69 Å². The third-order valence-electron chi connectivity index (χ3n) is 6.39. The fraction of sp³-hybridized carbons (Fsp3) is 0.538. The van der Waals surface area contributed by atoms with E-state index in [1.807, 2.05) is 0 Å². The average molecular weight is 453 g/mol. The van der Waals surface area contributed by atoms with Gasteiger partial charge in [0.2, 0.25) is 11.8 Å². The van der Waals surface area contributed by atoms with Crippen molar-refractivity contribution in [1.82, 2.24) is 15.1 Å². The number of likely N-dealkylation sites (N-methyl/N-ethyl adjacent to an activating group) is 1. The number of hydrogen-bond donors (Lipinski definition) is 0.